The van der Waals surface area contributed by atoms with Crippen molar-refractivity contribution in [2.45, 2.75) is 12.7 Å². The van der Waals surface area contributed by atoms with Gasteiger partial charge in [0.1, 0.15) is 5.88 Å². The molecular formula is C8H13ClN2O4. The molecule has 86 valence electrons. The highest BCUT2D eigenvalue weighted by Gasteiger charge is 2.23. The normalized spacial score (nSPS) is 16.5. The quantitative estimate of drug-likeness (QED) is 0.510. The molecule has 15 heavy (non-hydrogen) atoms. The molecule has 0 radical (unpaired) electrons. The van der Waals surface area contributed by atoms with Gasteiger partial charge in [0.25, 0.3) is 0 Å². The maximum Gasteiger partial charge on any atom is 0.412 e. The number of nitrogens with zero attached hydrogens (tertiary/aromatic N) is 1. The van der Waals surface area contributed by atoms with Gasteiger partial charge in [0.15, 0.2) is 0 Å². The van der Waals surface area contributed by atoms with Crippen molar-refractivity contribution in [3.8, 4) is 0 Å². The van der Waals surface area contributed by atoms with E-state index >= 15 is 0 Å². The van der Waals surface area contributed by atoms with Crippen LogP contribution in [-0.2, 0) is 9.53 Å². The Bertz CT molecular complexity index is 245. The summed E-state index contributed by atoms with van der Waals surface area (Å²) in [7, 11) is 0. The van der Waals surface area contributed by atoms with Gasteiger partial charge < -0.3 is 20.1 Å². The maximum atomic E-state index is 11.2. The van der Waals surface area contributed by atoms with Crippen LogP contribution in [0.15, 0.2) is 0 Å². The summed E-state index contributed by atoms with van der Waals surface area (Å²) in [6.45, 7) is 1.16. The number of hydrogen-bond donors (Lipinski definition) is 2. The summed E-state index contributed by atoms with van der Waals surface area (Å²) < 4.78 is 4.63. The van der Waals surface area contributed by atoms with E-state index in [0.29, 0.717) is 13.1 Å². The Labute approximate surface area is 92.1 Å². The van der Waals surface area contributed by atoms with Crippen molar-refractivity contribution in [3.05, 3.63) is 0 Å². The first-order valence-corrected chi connectivity index (χ1v) is 5.13. The van der Waals surface area contributed by atoms with Gasteiger partial charge in [-0.15, -0.1) is 11.6 Å². The molecule has 0 aromatic heterocycles. The van der Waals surface area contributed by atoms with Crippen LogP contribution in [0.25, 0.3) is 0 Å². The molecule has 1 atom stereocenters. The summed E-state index contributed by atoms with van der Waals surface area (Å²) in [5.41, 5.74) is 0. The second-order valence-corrected chi connectivity index (χ2v) is 3.38. The van der Waals surface area contributed by atoms with Crippen LogP contribution in [0.4, 0.5) is 4.79 Å². The first-order chi connectivity index (χ1) is 7.13. The Morgan fingerprint density at radius 3 is 2.67 bits per heavy atom. The van der Waals surface area contributed by atoms with Crippen LogP contribution >= 0.6 is 11.6 Å². The van der Waals surface area contributed by atoms with E-state index < -0.39 is 18.3 Å². The number of rotatable bonds is 4. The van der Waals surface area contributed by atoms with Gasteiger partial charge in [-0.25, -0.2) is 4.79 Å². The van der Waals surface area contributed by atoms with Crippen LogP contribution < -0.4 is 5.32 Å². The van der Waals surface area contributed by atoms with Crippen molar-refractivity contribution in [2.75, 3.05) is 25.5 Å². The Balaban J connectivity index is 2.14. The van der Waals surface area contributed by atoms with E-state index in [2.05, 4.69) is 10.1 Å². The second kappa shape index (κ2) is 5.77. The molecule has 1 saturated heterocycles. The molecular weight excluding hydrogens is 224 g/mol. The molecule has 6 nitrogen and oxygen atoms in total. The van der Waals surface area contributed by atoms with Crippen molar-refractivity contribution >= 4 is 23.6 Å². The van der Waals surface area contributed by atoms with E-state index in [1.165, 1.54) is 4.90 Å². The molecule has 1 fully saturated rings. The van der Waals surface area contributed by atoms with E-state index in [-0.39, 0.29) is 12.4 Å². The SMILES string of the molecule is O=C(CCl)NCC(O)OC(=O)N1CCC1. The summed E-state index contributed by atoms with van der Waals surface area (Å²) in [5.74, 6) is -0.608. The monoisotopic (exact) mass is 236 g/mol. The third-order valence-electron chi connectivity index (χ3n) is 1.95. The summed E-state index contributed by atoms with van der Waals surface area (Å²) in [4.78, 5) is 23.3. The van der Waals surface area contributed by atoms with Crippen LogP contribution in [0.1, 0.15) is 6.42 Å². The fourth-order valence-corrected chi connectivity index (χ4v) is 1.07. The molecule has 2 N–H and O–H groups in total. The molecule has 0 aromatic carbocycles. The topological polar surface area (TPSA) is 78.9 Å². The molecule has 2 amide bonds. The molecule has 1 rings (SSSR count). The Kier molecular flexibility index (Phi) is 4.64. The zero-order chi connectivity index (χ0) is 11.3. The molecule has 0 aromatic rings. The first-order valence-electron chi connectivity index (χ1n) is 4.59. The number of carbonyl (C=O) groups excluding carboxylic acids is 2. The first kappa shape index (κ1) is 12.1. The van der Waals surface area contributed by atoms with E-state index in [1.807, 2.05) is 0 Å². The van der Waals surface area contributed by atoms with E-state index in [0.717, 1.165) is 6.42 Å². The lowest BCUT2D eigenvalue weighted by molar-refractivity contribution is -0.121. The zero-order valence-corrected chi connectivity index (χ0v) is 8.87. The van der Waals surface area contributed by atoms with Gasteiger partial charge in [-0.1, -0.05) is 0 Å². The molecule has 1 unspecified atom stereocenters. The number of ether oxygens (including phenoxy) is 1. The average molecular weight is 237 g/mol. The maximum absolute atomic E-state index is 11.2. The lowest BCUT2D eigenvalue weighted by atomic mass is 10.2. The predicted octanol–water partition coefficient (Wildman–Crippen LogP) is -0.498. The standard InChI is InChI=1S/C8H13ClN2O4/c9-4-6(12)10-5-7(13)15-8(14)11-2-1-3-11/h7,13H,1-5H2,(H,10,12). The van der Waals surface area contributed by atoms with Crippen molar-refractivity contribution in [3.63, 3.8) is 0 Å². The van der Waals surface area contributed by atoms with Gasteiger partial charge >= 0.3 is 6.09 Å². The van der Waals surface area contributed by atoms with Gasteiger partial charge in [-0.05, 0) is 6.42 Å². The predicted molar refractivity (Wildman–Crippen MR) is 52.4 cm³/mol. The van der Waals surface area contributed by atoms with Gasteiger partial charge in [0.2, 0.25) is 12.2 Å². The van der Waals surface area contributed by atoms with Crippen LogP contribution in [-0.4, -0.2) is 53.8 Å². The minimum atomic E-state index is -1.33. The number of alkyl halides is 1. The third-order valence-corrected chi connectivity index (χ3v) is 2.19. The summed E-state index contributed by atoms with van der Waals surface area (Å²) >= 11 is 5.21. The number of hydrogen-bond acceptors (Lipinski definition) is 4. The Morgan fingerprint density at radius 2 is 2.20 bits per heavy atom. The van der Waals surface area contributed by atoms with Gasteiger partial charge in [-0.3, -0.25) is 4.79 Å². The highest BCUT2D eigenvalue weighted by molar-refractivity contribution is 6.27. The Morgan fingerprint density at radius 1 is 1.53 bits per heavy atom. The van der Waals surface area contributed by atoms with Crippen molar-refractivity contribution in [1.29, 1.82) is 0 Å². The molecule has 0 spiro atoms. The summed E-state index contributed by atoms with van der Waals surface area (Å²) in [6.07, 6.45) is -0.937. The van der Waals surface area contributed by atoms with E-state index in [1.54, 1.807) is 0 Å². The molecule has 0 bridgehead atoms. The van der Waals surface area contributed by atoms with E-state index in [9.17, 15) is 14.7 Å². The average Bonchev–Trinajstić information content (AvgIpc) is 2.11. The minimum absolute atomic E-state index is 0.148. The number of halogens is 1. The lowest BCUT2D eigenvalue weighted by Gasteiger charge is -2.30. The van der Waals surface area contributed by atoms with Crippen molar-refractivity contribution in [2.24, 2.45) is 0 Å². The molecule has 1 heterocycles. The largest absolute Gasteiger partial charge is 0.418 e. The van der Waals surface area contributed by atoms with Crippen LogP contribution in [0, 0.1) is 0 Å². The smallest absolute Gasteiger partial charge is 0.412 e. The van der Waals surface area contributed by atoms with Crippen LogP contribution in [0.5, 0.6) is 0 Å². The highest BCUT2D eigenvalue weighted by atomic mass is 35.5. The summed E-state index contributed by atoms with van der Waals surface area (Å²) in [6, 6.07) is 0. The van der Waals surface area contributed by atoms with Crippen molar-refractivity contribution in [1.82, 2.24) is 10.2 Å². The molecule has 0 aliphatic carbocycles. The fourth-order valence-electron chi connectivity index (χ4n) is 0.980. The molecule has 7 heteroatoms. The van der Waals surface area contributed by atoms with E-state index in [4.69, 9.17) is 11.6 Å². The Hall–Kier alpha value is -1.01. The number of likely N-dealkylation sites (tertiary alicyclic amines) is 1. The number of aliphatic hydroxyl groups excluding tert-OH is 1. The van der Waals surface area contributed by atoms with Gasteiger partial charge in [0, 0.05) is 13.1 Å². The third kappa shape index (κ3) is 3.93. The highest BCUT2D eigenvalue weighted by Crippen LogP contribution is 2.08. The van der Waals surface area contributed by atoms with Crippen molar-refractivity contribution < 1.29 is 19.4 Å². The lowest BCUT2D eigenvalue weighted by Crippen LogP contribution is -2.45. The molecule has 0 saturated carbocycles. The van der Waals surface area contributed by atoms with Gasteiger partial charge in [0.05, 0.1) is 6.54 Å². The van der Waals surface area contributed by atoms with Crippen LogP contribution in [0.3, 0.4) is 0 Å². The number of carbonyl (C=O) groups is 2. The zero-order valence-electron chi connectivity index (χ0n) is 8.11. The minimum Gasteiger partial charge on any atom is -0.418 e. The number of amides is 2. The molecule has 1 aliphatic rings. The second-order valence-electron chi connectivity index (χ2n) is 3.12. The summed E-state index contributed by atoms with van der Waals surface area (Å²) in [5, 5.41) is 11.5. The molecule has 1 aliphatic heterocycles. The number of aliphatic hydroxyl groups is 1. The fraction of sp³-hybridized carbons (Fsp3) is 0.750. The van der Waals surface area contributed by atoms with Crippen LogP contribution in [0.2, 0.25) is 0 Å². The number of nitrogens with one attached hydrogen (secondary N) is 1. The van der Waals surface area contributed by atoms with Gasteiger partial charge in [-0.2, -0.15) is 0 Å².